The molecule has 0 bridgehead atoms. The van der Waals surface area contributed by atoms with Crippen molar-refractivity contribution in [3.05, 3.63) is 22.2 Å². The Bertz CT molecular complexity index is 337. The molecular formula is C7H5BrO3S. The maximum Gasteiger partial charge on any atom is 0.336 e. The number of rotatable bonds is 1. The van der Waals surface area contributed by atoms with Crippen LogP contribution in [0.15, 0.2) is 22.2 Å². The van der Waals surface area contributed by atoms with E-state index in [9.17, 15) is 9.00 Å². The molecule has 0 amide bonds. The van der Waals surface area contributed by atoms with Crippen LogP contribution < -0.4 is 0 Å². The van der Waals surface area contributed by atoms with Crippen LogP contribution in [0.2, 0.25) is 0 Å². The number of halogens is 1. The third-order valence-electron chi connectivity index (χ3n) is 1.40. The van der Waals surface area contributed by atoms with Gasteiger partial charge in [-0.3, -0.25) is 0 Å². The van der Waals surface area contributed by atoms with E-state index in [1.807, 2.05) is 0 Å². The van der Waals surface area contributed by atoms with Gasteiger partial charge in [0.1, 0.15) is 0 Å². The lowest BCUT2D eigenvalue weighted by Crippen LogP contribution is -2.07. The summed E-state index contributed by atoms with van der Waals surface area (Å²) in [6.07, 6.45) is 3.34. The average Bonchev–Trinajstić information content (AvgIpc) is 2.03. The summed E-state index contributed by atoms with van der Waals surface area (Å²) in [7, 11) is 0. The first kappa shape index (κ1) is 9.41. The topological polar surface area (TPSA) is 54.4 Å². The molecule has 0 radical (unpaired) electrons. The molecule has 1 N–H and O–H groups in total. The van der Waals surface area contributed by atoms with Gasteiger partial charge in [-0.15, -0.1) is 0 Å². The number of aliphatic carboxylic acids is 1. The van der Waals surface area contributed by atoms with Crippen LogP contribution in [0.25, 0.3) is 0 Å². The lowest BCUT2D eigenvalue weighted by Gasteiger charge is -2.06. The van der Waals surface area contributed by atoms with Crippen LogP contribution in [0.3, 0.4) is 0 Å². The van der Waals surface area contributed by atoms with Crippen molar-refractivity contribution in [3.63, 3.8) is 0 Å². The third kappa shape index (κ3) is 1.92. The highest BCUT2D eigenvalue weighted by Gasteiger charge is 2.14. The Morgan fingerprint density at radius 2 is 2.25 bits per heavy atom. The smallest absolute Gasteiger partial charge is 0.336 e. The highest BCUT2D eigenvalue weighted by molar-refractivity contribution is 9.11. The third-order valence-corrected chi connectivity index (χ3v) is 2.60. The number of carbonyl (C=O) groups is 1. The van der Waals surface area contributed by atoms with Gasteiger partial charge in [0, 0.05) is 10.9 Å². The summed E-state index contributed by atoms with van der Waals surface area (Å²) in [6, 6.07) is 0. The maximum atomic E-state index is 10.5. The van der Waals surface area contributed by atoms with E-state index in [2.05, 4.69) is 15.9 Å². The summed E-state index contributed by atoms with van der Waals surface area (Å²) >= 11 is 3.50. The van der Waals surface area contributed by atoms with Crippen LogP contribution >= 0.6 is 15.9 Å². The van der Waals surface area contributed by atoms with Gasteiger partial charge in [0.05, 0.1) is 21.7 Å². The Kier molecular flexibility index (Phi) is 2.99. The van der Waals surface area contributed by atoms with E-state index in [0.717, 1.165) is 0 Å². The monoisotopic (exact) mass is 248 g/mol. The van der Waals surface area contributed by atoms with Crippen LogP contribution in [-0.2, 0) is 16.1 Å². The largest absolute Gasteiger partial charge is 0.478 e. The van der Waals surface area contributed by atoms with Crippen molar-refractivity contribution in [3.8, 4) is 0 Å². The van der Waals surface area contributed by atoms with Crippen LogP contribution in [0.5, 0.6) is 0 Å². The molecule has 0 unspecified atom stereocenters. The first-order valence-electron chi connectivity index (χ1n) is 3.11. The maximum absolute atomic E-state index is 10.5. The van der Waals surface area contributed by atoms with Crippen molar-refractivity contribution in [2.45, 2.75) is 6.42 Å². The van der Waals surface area contributed by atoms with E-state index in [-0.39, 0.29) is 5.57 Å². The molecule has 1 aliphatic carbocycles. The highest BCUT2D eigenvalue weighted by Crippen LogP contribution is 2.22. The zero-order valence-electron chi connectivity index (χ0n) is 5.91. The predicted molar refractivity (Wildman–Crippen MR) is 50.5 cm³/mol. The number of allylic oxidation sites excluding steroid dienone is 2. The van der Waals surface area contributed by atoms with Gasteiger partial charge in [0.25, 0.3) is 0 Å². The molecule has 64 valence electrons. The Morgan fingerprint density at radius 1 is 1.58 bits per heavy atom. The normalized spacial score (nSPS) is 16.6. The molecule has 0 aliphatic heterocycles. The van der Waals surface area contributed by atoms with Gasteiger partial charge in [0.15, 0.2) is 0 Å². The van der Waals surface area contributed by atoms with Gasteiger partial charge < -0.3 is 5.11 Å². The summed E-state index contributed by atoms with van der Waals surface area (Å²) in [5, 5.41) is 8.63. The van der Waals surface area contributed by atoms with E-state index in [1.165, 1.54) is 12.2 Å². The zero-order chi connectivity index (χ0) is 9.14. The molecule has 0 aromatic rings. The van der Waals surface area contributed by atoms with E-state index < -0.39 is 5.97 Å². The zero-order valence-corrected chi connectivity index (χ0v) is 8.31. The summed E-state index contributed by atoms with van der Waals surface area (Å²) in [4.78, 5) is 11.1. The molecule has 1 rings (SSSR count). The second-order valence-electron chi connectivity index (χ2n) is 2.18. The van der Waals surface area contributed by atoms with Crippen LogP contribution in [0, 0.1) is 0 Å². The number of hydrogen-bond acceptors (Lipinski definition) is 2. The Balaban J connectivity index is 3.03. The van der Waals surface area contributed by atoms with Gasteiger partial charge in [-0.05, 0) is 12.2 Å². The van der Waals surface area contributed by atoms with E-state index >= 15 is 0 Å². The van der Waals surface area contributed by atoms with Gasteiger partial charge in [0.2, 0.25) is 0 Å². The van der Waals surface area contributed by atoms with Crippen molar-refractivity contribution < 1.29 is 14.1 Å². The van der Waals surface area contributed by atoms with Crippen molar-refractivity contribution >= 4 is 38.0 Å². The van der Waals surface area contributed by atoms with Crippen molar-refractivity contribution in [1.82, 2.24) is 0 Å². The van der Waals surface area contributed by atoms with Gasteiger partial charge >= 0.3 is 5.97 Å². The van der Waals surface area contributed by atoms with Crippen molar-refractivity contribution in [2.75, 3.05) is 0 Å². The quantitative estimate of drug-likeness (QED) is 0.707. The lowest BCUT2D eigenvalue weighted by molar-refractivity contribution is -0.132. The highest BCUT2D eigenvalue weighted by atomic mass is 79.9. The molecule has 1 aliphatic rings. The lowest BCUT2D eigenvalue weighted by atomic mass is 10.1. The van der Waals surface area contributed by atoms with E-state index in [4.69, 9.17) is 5.11 Å². The molecule has 3 nitrogen and oxygen atoms in total. The van der Waals surface area contributed by atoms with Crippen molar-refractivity contribution in [2.24, 2.45) is 0 Å². The summed E-state index contributed by atoms with van der Waals surface area (Å²) in [5.41, 5.74) is 0.216. The molecule has 0 heterocycles. The Hall–Kier alpha value is -0.680. The van der Waals surface area contributed by atoms with Crippen LogP contribution in [-0.4, -0.2) is 20.1 Å². The standard InChI is InChI=1S/C7H5BrO3S/c8-6-3-4(12-11)1-2-5(6)7(9)10/h1-2H,3H2,(H,9,10). The summed E-state index contributed by atoms with van der Waals surface area (Å²) < 4.78 is 10.9. The SMILES string of the molecule is O=S=C1C=CC(C(=O)O)=C(Br)C1. The fourth-order valence-corrected chi connectivity index (χ4v) is 1.93. The minimum Gasteiger partial charge on any atom is -0.478 e. The van der Waals surface area contributed by atoms with Gasteiger partial charge in [-0.2, -0.15) is 0 Å². The Labute approximate surface area is 81.0 Å². The molecule has 0 fully saturated rings. The van der Waals surface area contributed by atoms with E-state index in [0.29, 0.717) is 27.0 Å². The first-order valence-corrected chi connectivity index (χ1v) is 4.64. The molecule has 5 heteroatoms. The van der Waals surface area contributed by atoms with Gasteiger partial charge in [-0.1, -0.05) is 15.9 Å². The summed E-state index contributed by atoms with van der Waals surface area (Å²) in [6.45, 7) is 0. The summed E-state index contributed by atoms with van der Waals surface area (Å²) in [5.74, 6) is -0.979. The molecule has 0 atom stereocenters. The second-order valence-corrected chi connectivity index (χ2v) is 3.83. The minimum atomic E-state index is -0.979. The van der Waals surface area contributed by atoms with E-state index in [1.54, 1.807) is 0 Å². The fraction of sp³-hybridized carbons (Fsp3) is 0.143. The molecule has 0 aromatic carbocycles. The second kappa shape index (κ2) is 3.82. The fourth-order valence-electron chi connectivity index (χ4n) is 0.818. The molecular weight excluding hydrogens is 244 g/mol. The average molecular weight is 249 g/mol. The number of hydrogen-bond donors (Lipinski definition) is 1. The number of carboxylic acid groups (broad SMARTS) is 1. The first-order chi connectivity index (χ1) is 5.65. The molecule has 12 heavy (non-hydrogen) atoms. The van der Waals surface area contributed by atoms with Crippen LogP contribution in [0.1, 0.15) is 6.42 Å². The molecule has 0 spiro atoms. The van der Waals surface area contributed by atoms with Gasteiger partial charge in [-0.25, -0.2) is 9.00 Å². The minimum absolute atomic E-state index is 0.216. The van der Waals surface area contributed by atoms with Crippen LogP contribution in [0.4, 0.5) is 0 Å². The predicted octanol–water partition coefficient (Wildman–Crippen LogP) is 1.07. The Morgan fingerprint density at radius 3 is 2.67 bits per heavy atom. The molecule has 0 aromatic heterocycles. The van der Waals surface area contributed by atoms with Crippen molar-refractivity contribution in [1.29, 1.82) is 0 Å². The molecule has 0 saturated heterocycles. The molecule has 0 saturated carbocycles. The number of carboxylic acids is 1.